The lowest BCUT2D eigenvalue weighted by atomic mass is 9.96. The van der Waals surface area contributed by atoms with Crippen LogP contribution in [-0.4, -0.2) is 29.7 Å². The van der Waals surface area contributed by atoms with Crippen LogP contribution in [0.3, 0.4) is 0 Å². The highest BCUT2D eigenvalue weighted by molar-refractivity contribution is 5.71. The molecule has 0 aliphatic carbocycles. The van der Waals surface area contributed by atoms with Crippen molar-refractivity contribution < 1.29 is 22.7 Å². The second-order valence-electron chi connectivity index (χ2n) is 5.33. The zero-order valence-corrected chi connectivity index (χ0v) is 11.6. The van der Waals surface area contributed by atoms with Gasteiger partial charge in [-0.2, -0.15) is 13.2 Å². The van der Waals surface area contributed by atoms with Gasteiger partial charge in [-0.15, -0.1) is 0 Å². The fourth-order valence-corrected chi connectivity index (χ4v) is 2.47. The maximum atomic E-state index is 13.0. The van der Waals surface area contributed by atoms with Crippen molar-refractivity contribution in [3.63, 3.8) is 0 Å². The quantitative estimate of drug-likeness (QED) is 0.930. The Morgan fingerprint density at radius 2 is 2.05 bits per heavy atom. The number of hydrogen-bond donors (Lipinski definition) is 1. The molecule has 1 aliphatic rings. The number of benzene rings is 1. The smallest absolute Gasteiger partial charge is 0.416 e. The van der Waals surface area contributed by atoms with E-state index in [0.29, 0.717) is 13.0 Å². The van der Waals surface area contributed by atoms with Gasteiger partial charge in [0.05, 0.1) is 17.6 Å². The van der Waals surface area contributed by atoms with Gasteiger partial charge in [0, 0.05) is 0 Å². The fraction of sp³-hybridized carbons (Fsp3) is 0.500. The molecule has 0 radical (unpaired) electrons. The molecule has 0 saturated carbocycles. The van der Waals surface area contributed by atoms with Gasteiger partial charge in [0.1, 0.15) is 6.61 Å². The molecule has 1 aromatic rings. The van der Waals surface area contributed by atoms with Crippen LogP contribution in [0.15, 0.2) is 24.3 Å². The molecule has 2 N–H and O–H groups in total. The van der Waals surface area contributed by atoms with Crippen LogP contribution in [0.5, 0.6) is 0 Å². The van der Waals surface area contributed by atoms with Crippen LogP contribution in [-0.2, 0) is 17.5 Å². The number of cyclic esters (lactones) is 1. The number of carbonyl (C=O) groups excluding carboxylic acids is 1. The fourth-order valence-electron chi connectivity index (χ4n) is 2.47. The summed E-state index contributed by atoms with van der Waals surface area (Å²) in [5.41, 5.74) is 4.16. The summed E-state index contributed by atoms with van der Waals surface area (Å²) in [7, 11) is 0. The first-order valence-electron chi connectivity index (χ1n) is 6.57. The van der Waals surface area contributed by atoms with Crippen LogP contribution >= 0.6 is 0 Å². The third-order valence-electron chi connectivity index (χ3n) is 3.71. The van der Waals surface area contributed by atoms with Gasteiger partial charge < -0.3 is 10.5 Å². The largest absolute Gasteiger partial charge is 0.447 e. The number of hydrogen-bond acceptors (Lipinski definition) is 3. The van der Waals surface area contributed by atoms with E-state index in [0.717, 1.165) is 6.07 Å². The average Bonchev–Trinajstić information content (AvgIpc) is 2.67. The van der Waals surface area contributed by atoms with E-state index in [2.05, 4.69) is 0 Å². The first-order chi connectivity index (χ1) is 9.78. The Bertz CT molecular complexity index is 533. The molecule has 116 valence electrons. The Balaban J connectivity index is 2.31. The molecule has 1 amide bonds. The van der Waals surface area contributed by atoms with Crippen LogP contribution in [0.2, 0.25) is 0 Å². The maximum Gasteiger partial charge on any atom is 0.416 e. The molecule has 1 saturated heterocycles. The minimum atomic E-state index is -4.45. The van der Waals surface area contributed by atoms with Gasteiger partial charge in [-0.05, 0) is 31.5 Å². The molecule has 1 atom stereocenters. The zero-order chi connectivity index (χ0) is 15.7. The Morgan fingerprint density at radius 3 is 2.67 bits per heavy atom. The first kappa shape index (κ1) is 15.6. The van der Waals surface area contributed by atoms with Crippen molar-refractivity contribution in [1.82, 2.24) is 4.90 Å². The van der Waals surface area contributed by atoms with E-state index in [1.165, 1.54) is 23.1 Å². The Morgan fingerprint density at radius 1 is 1.38 bits per heavy atom. The van der Waals surface area contributed by atoms with Crippen molar-refractivity contribution in [3.8, 4) is 0 Å². The van der Waals surface area contributed by atoms with Gasteiger partial charge in [-0.3, -0.25) is 4.90 Å². The normalized spacial score (nSPS) is 22.5. The first-order valence-corrected chi connectivity index (χ1v) is 6.57. The van der Waals surface area contributed by atoms with Gasteiger partial charge in [-0.25, -0.2) is 4.79 Å². The number of rotatable bonds is 4. The van der Waals surface area contributed by atoms with Gasteiger partial charge in [-0.1, -0.05) is 18.2 Å². The predicted molar refractivity (Wildman–Crippen MR) is 70.4 cm³/mol. The number of carbonyl (C=O) groups is 1. The summed E-state index contributed by atoms with van der Waals surface area (Å²) >= 11 is 0. The summed E-state index contributed by atoms with van der Waals surface area (Å²) in [6.45, 7) is 2.08. The minimum Gasteiger partial charge on any atom is -0.447 e. The van der Waals surface area contributed by atoms with E-state index in [-0.39, 0.29) is 18.7 Å². The van der Waals surface area contributed by atoms with Crippen LogP contribution in [0.25, 0.3) is 0 Å². The highest BCUT2D eigenvalue weighted by atomic mass is 19.4. The molecule has 7 heteroatoms. The van der Waals surface area contributed by atoms with Gasteiger partial charge in [0.25, 0.3) is 0 Å². The van der Waals surface area contributed by atoms with Crippen molar-refractivity contribution in [1.29, 1.82) is 0 Å². The second-order valence-corrected chi connectivity index (χ2v) is 5.33. The molecule has 1 heterocycles. The van der Waals surface area contributed by atoms with Crippen molar-refractivity contribution in [2.45, 2.75) is 31.6 Å². The minimum absolute atomic E-state index is 0.0482. The molecule has 1 unspecified atom stereocenters. The van der Waals surface area contributed by atoms with Gasteiger partial charge >= 0.3 is 12.3 Å². The maximum absolute atomic E-state index is 13.0. The molecule has 0 bridgehead atoms. The highest BCUT2D eigenvalue weighted by Crippen LogP contribution is 2.35. The summed E-state index contributed by atoms with van der Waals surface area (Å²) in [5, 5.41) is 0. The molecular formula is C14H17F3N2O2. The number of ether oxygens (including phenoxy) is 1. The molecular weight excluding hydrogens is 285 g/mol. The Kier molecular flexibility index (Phi) is 4.13. The van der Waals surface area contributed by atoms with Crippen LogP contribution in [0.4, 0.5) is 18.0 Å². The zero-order valence-electron chi connectivity index (χ0n) is 11.6. The number of halogens is 3. The summed E-state index contributed by atoms with van der Waals surface area (Å²) in [4.78, 5) is 13.1. The topological polar surface area (TPSA) is 55.6 Å². The standard InChI is InChI=1S/C14H17F3N2O2/c1-13(6-7-18)9-21-12(20)19(13)8-10-4-2-3-5-11(10)14(15,16)17/h2-5H,6-9,18H2,1H3. The highest BCUT2D eigenvalue weighted by Gasteiger charge is 2.44. The van der Waals surface area contributed by atoms with Crippen LogP contribution < -0.4 is 5.73 Å². The van der Waals surface area contributed by atoms with Crippen molar-refractivity contribution in [2.75, 3.05) is 13.2 Å². The molecule has 0 aromatic heterocycles. The van der Waals surface area contributed by atoms with Gasteiger partial charge in [0.15, 0.2) is 0 Å². The molecule has 2 rings (SSSR count). The SMILES string of the molecule is CC1(CCN)COC(=O)N1Cc1ccccc1C(F)(F)F. The van der Waals surface area contributed by atoms with Crippen molar-refractivity contribution in [2.24, 2.45) is 5.73 Å². The van der Waals surface area contributed by atoms with E-state index in [1.807, 2.05) is 0 Å². The average molecular weight is 302 g/mol. The predicted octanol–water partition coefficient (Wildman–Crippen LogP) is 2.77. The number of alkyl halides is 3. The van der Waals surface area contributed by atoms with E-state index >= 15 is 0 Å². The van der Waals surface area contributed by atoms with E-state index in [1.54, 1.807) is 6.92 Å². The Hall–Kier alpha value is -1.76. The molecule has 0 spiro atoms. The molecule has 1 aliphatic heterocycles. The van der Waals surface area contributed by atoms with E-state index in [9.17, 15) is 18.0 Å². The van der Waals surface area contributed by atoms with Gasteiger partial charge in [0.2, 0.25) is 0 Å². The van der Waals surface area contributed by atoms with Crippen molar-refractivity contribution >= 4 is 6.09 Å². The molecule has 4 nitrogen and oxygen atoms in total. The van der Waals surface area contributed by atoms with E-state index < -0.39 is 23.4 Å². The summed E-state index contributed by atoms with van der Waals surface area (Å²) in [5.74, 6) is 0. The lowest BCUT2D eigenvalue weighted by molar-refractivity contribution is -0.138. The third kappa shape index (κ3) is 3.12. The van der Waals surface area contributed by atoms with Crippen LogP contribution in [0.1, 0.15) is 24.5 Å². The molecule has 1 fully saturated rings. The summed E-state index contributed by atoms with van der Waals surface area (Å²) in [6, 6.07) is 5.23. The summed E-state index contributed by atoms with van der Waals surface area (Å²) in [6.07, 6.45) is -4.60. The monoisotopic (exact) mass is 302 g/mol. The number of amides is 1. The number of nitrogens with zero attached hydrogens (tertiary/aromatic N) is 1. The van der Waals surface area contributed by atoms with Crippen LogP contribution in [0, 0.1) is 0 Å². The molecule has 1 aromatic carbocycles. The third-order valence-corrected chi connectivity index (χ3v) is 3.71. The lowest BCUT2D eigenvalue weighted by Crippen LogP contribution is -2.45. The van der Waals surface area contributed by atoms with E-state index in [4.69, 9.17) is 10.5 Å². The lowest BCUT2D eigenvalue weighted by Gasteiger charge is -2.32. The molecule has 21 heavy (non-hydrogen) atoms. The summed E-state index contributed by atoms with van der Waals surface area (Å²) < 4.78 is 44.0. The Labute approximate surface area is 120 Å². The second kappa shape index (κ2) is 5.55. The van der Waals surface area contributed by atoms with Crippen molar-refractivity contribution in [3.05, 3.63) is 35.4 Å². The number of nitrogens with two attached hydrogens (primary N) is 1.